The van der Waals surface area contributed by atoms with Gasteiger partial charge in [0.1, 0.15) is 11.5 Å². The van der Waals surface area contributed by atoms with Gasteiger partial charge in [-0.2, -0.15) is 0 Å². The van der Waals surface area contributed by atoms with Crippen LogP contribution in [0.5, 0.6) is 0 Å². The Morgan fingerprint density at radius 2 is 2.15 bits per heavy atom. The Bertz CT molecular complexity index is 444. The van der Waals surface area contributed by atoms with Gasteiger partial charge in [0.25, 0.3) is 0 Å². The lowest BCUT2D eigenvalue weighted by molar-refractivity contribution is 0.956. The van der Waals surface area contributed by atoms with Crippen molar-refractivity contribution in [1.29, 1.82) is 0 Å². The molecule has 0 atom stereocenters. The van der Waals surface area contributed by atoms with Crippen LogP contribution in [0.1, 0.15) is 17.2 Å². The van der Waals surface area contributed by atoms with Crippen molar-refractivity contribution in [2.75, 3.05) is 0 Å². The Labute approximate surface area is 76.4 Å². The second-order valence-electron chi connectivity index (χ2n) is 3.11. The van der Waals surface area contributed by atoms with Crippen molar-refractivity contribution >= 4 is 5.65 Å². The molecule has 4 heteroatoms. The molecule has 0 unspecified atom stereocenters. The molecular weight excluding hydrogens is 164 g/mol. The summed E-state index contributed by atoms with van der Waals surface area (Å²) in [6.07, 6.45) is 1.93. The molecule has 0 amide bonds. The third-order valence-electron chi connectivity index (χ3n) is 2.02. The number of nitrogens with zero attached hydrogens (tertiary/aromatic N) is 3. The predicted molar refractivity (Wildman–Crippen MR) is 50.4 cm³/mol. The molecule has 13 heavy (non-hydrogen) atoms. The second-order valence-corrected chi connectivity index (χ2v) is 3.11. The van der Waals surface area contributed by atoms with E-state index in [0.717, 1.165) is 22.9 Å². The van der Waals surface area contributed by atoms with Gasteiger partial charge in [0.15, 0.2) is 0 Å². The maximum absolute atomic E-state index is 5.51. The SMILES string of the molecule is Cc1cc2nc(CN)cn2c(C)n1. The number of aromatic nitrogens is 3. The maximum Gasteiger partial charge on any atom is 0.140 e. The van der Waals surface area contributed by atoms with Crippen LogP contribution in [0.15, 0.2) is 12.3 Å². The van der Waals surface area contributed by atoms with Gasteiger partial charge in [0.05, 0.1) is 5.69 Å². The van der Waals surface area contributed by atoms with Gasteiger partial charge in [-0.1, -0.05) is 0 Å². The first-order valence-electron chi connectivity index (χ1n) is 4.23. The van der Waals surface area contributed by atoms with Gasteiger partial charge in [-0.3, -0.25) is 4.40 Å². The van der Waals surface area contributed by atoms with E-state index in [1.54, 1.807) is 0 Å². The van der Waals surface area contributed by atoms with Crippen molar-refractivity contribution in [3.63, 3.8) is 0 Å². The average Bonchev–Trinajstić information content (AvgIpc) is 2.47. The Kier molecular flexibility index (Phi) is 1.77. The number of rotatable bonds is 1. The van der Waals surface area contributed by atoms with Crippen molar-refractivity contribution in [2.24, 2.45) is 5.73 Å². The topological polar surface area (TPSA) is 56.2 Å². The normalized spacial score (nSPS) is 11.0. The second kappa shape index (κ2) is 2.81. The smallest absolute Gasteiger partial charge is 0.140 e. The first-order valence-corrected chi connectivity index (χ1v) is 4.23. The monoisotopic (exact) mass is 176 g/mol. The largest absolute Gasteiger partial charge is 0.325 e. The van der Waals surface area contributed by atoms with E-state index in [2.05, 4.69) is 9.97 Å². The Hall–Kier alpha value is -1.42. The van der Waals surface area contributed by atoms with E-state index in [9.17, 15) is 0 Å². The standard InChI is InChI=1S/C9H12N4/c1-6-3-9-12-8(4-10)5-13(9)7(2)11-6/h3,5H,4,10H2,1-2H3. The van der Waals surface area contributed by atoms with Crippen LogP contribution < -0.4 is 5.73 Å². The Morgan fingerprint density at radius 3 is 2.85 bits per heavy atom. The molecule has 0 aliphatic heterocycles. The summed E-state index contributed by atoms with van der Waals surface area (Å²) in [6.45, 7) is 4.39. The van der Waals surface area contributed by atoms with Crippen LogP contribution in [0, 0.1) is 13.8 Å². The van der Waals surface area contributed by atoms with E-state index in [-0.39, 0.29) is 0 Å². The fraction of sp³-hybridized carbons (Fsp3) is 0.333. The molecule has 0 spiro atoms. The first-order chi connectivity index (χ1) is 6.20. The van der Waals surface area contributed by atoms with E-state index < -0.39 is 0 Å². The summed E-state index contributed by atoms with van der Waals surface area (Å²) in [5, 5.41) is 0. The fourth-order valence-corrected chi connectivity index (χ4v) is 1.43. The van der Waals surface area contributed by atoms with Crippen molar-refractivity contribution in [3.05, 3.63) is 29.5 Å². The van der Waals surface area contributed by atoms with Gasteiger partial charge in [-0.25, -0.2) is 9.97 Å². The molecule has 0 saturated heterocycles. The summed E-state index contributed by atoms with van der Waals surface area (Å²) in [7, 11) is 0. The van der Waals surface area contributed by atoms with Crippen LogP contribution in [0.2, 0.25) is 0 Å². The highest BCUT2D eigenvalue weighted by Gasteiger charge is 2.03. The lowest BCUT2D eigenvalue weighted by Crippen LogP contribution is -1.96. The molecular formula is C9H12N4. The molecule has 2 rings (SSSR count). The van der Waals surface area contributed by atoms with E-state index in [0.29, 0.717) is 6.54 Å². The van der Waals surface area contributed by atoms with E-state index in [1.165, 1.54) is 0 Å². The quantitative estimate of drug-likeness (QED) is 0.699. The maximum atomic E-state index is 5.51. The molecule has 68 valence electrons. The van der Waals surface area contributed by atoms with Crippen LogP contribution in [-0.4, -0.2) is 14.4 Å². The third kappa shape index (κ3) is 1.29. The zero-order valence-corrected chi connectivity index (χ0v) is 7.78. The van der Waals surface area contributed by atoms with Crippen LogP contribution in [0.3, 0.4) is 0 Å². The van der Waals surface area contributed by atoms with Gasteiger partial charge >= 0.3 is 0 Å². The van der Waals surface area contributed by atoms with Gasteiger partial charge in [-0.15, -0.1) is 0 Å². The van der Waals surface area contributed by atoms with E-state index in [1.807, 2.05) is 30.5 Å². The minimum absolute atomic E-state index is 0.472. The summed E-state index contributed by atoms with van der Waals surface area (Å²) < 4.78 is 1.95. The van der Waals surface area contributed by atoms with Crippen LogP contribution in [-0.2, 0) is 6.54 Å². The molecule has 0 aliphatic rings. The van der Waals surface area contributed by atoms with E-state index >= 15 is 0 Å². The van der Waals surface area contributed by atoms with Gasteiger partial charge in [0.2, 0.25) is 0 Å². The number of imidazole rings is 1. The predicted octanol–water partition coefficient (Wildman–Crippen LogP) is 0.805. The van der Waals surface area contributed by atoms with Gasteiger partial charge in [-0.05, 0) is 13.8 Å². The molecule has 2 N–H and O–H groups in total. The fourth-order valence-electron chi connectivity index (χ4n) is 1.43. The summed E-state index contributed by atoms with van der Waals surface area (Å²) >= 11 is 0. The number of aryl methyl sites for hydroxylation is 2. The molecule has 0 fully saturated rings. The van der Waals surface area contributed by atoms with Crippen molar-refractivity contribution in [3.8, 4) is 0 Å². The molecule has 0 aliphatic carbocycles. The van der Waals surface area contributed by atoms with Crippen LogP contribution in [0.25, 0.3) is 5.65 Å². The molecule has 0 aromatic carbocycles. The van der Waals surface area contributed by atoms with Crippen molar-refractivity contribution in [1.82, 2.24) is 14.4 Å². The molecule has 0 radical (unpaired) electrons. The highest BCUT2D eigenvalue weighted by Crippen LogP contribution is 2.08. The molecule has 2 aromatic rings. The first kappa shape index (κ1) is 8.19. The molecule has 2 aromatic heterocycles. The lowest BCUT2D eigenvalue weighted by atomic mass is 10.4. The van der Waals surface area contributed by atoms with Crippen LogP contribution in [0.4, 0.5) is 0 Å². The Morgan fingerprint density at radius 1 is 1.38 bits per heavy atom. The number of nitrogens with two attached hydrogens (primary N) is 1. The lowest BCUT2D eigenvalue weighted by Gasteiger charge is -1.98. The van der Waals surface area contributed by atoms with Crippen LogP contribution >= 0.6 is 0 Å². The Balaban J connectivity index is 2.75. The minimum Gasteiger partial charge on any atom is -0.325 e. The summed E-state index contributed by atoms with van der Waals surface area (Å²) in [5.41, 5.74) is 8.31. The number of hydrogen-bond acceptors (Lipinski definition) is 3. The highest BCUT2D eigenvalue weighted by molar-refractivity contribution is 5.41. The third-order valence-corrected chi connectivity index (χ3v) is 2.02. The molecule has 2 heterocycles. The van der Waals surface area contributed by atoms with Gasteiger partial charge in [0, 0.05) is 24.5 Å². The number of hydrogen-bond donors (Lipinski definition) is 1. The zero-order chi connectivity index (χ0) is 9.42. The summed E-state index contributed by atoms with van der Waals surface area (Å²) in [6, 6.07) is 1.95. The molecule has 0 bridgehead atoms. The average molecular weight is 176 g/mol. The van der Waals surface area contributed by atoms with Gasteiger partial charge < -0.3 is 5.73 Å². The van der Waals surface area contributed by atoms with Crippen molar-refractivity contribution in [2.45, 2.75) is 20.4 Å². The minimum atomic E-state index is 0.472. The molecule has 4 nitrogen and oxygen atoms in total. The highest BCUT2D eigenvalue weighted by atomic mass is 15.1. The van der Waals surface area contributed by atoms with E-state index in [4.69, 9.17) is 5.73 Å². The van der Waals surface area contributed by atoms with Crippen molar-refractivity contribution < 1.29 is 0 Å². The summed E-state index contributed by atoms with van der Waals surface area (Å²) in [4.78, 5) is 8.68. The number of fused-ring (bicyclic) bond motifs is 1. The summed E-state index contributed by atoms with van der Waals surface area (Å²) in [5.74, 6) is 0.946. The molecule has 0 saturated carbocycles. The zero-order valence-electron chi connectivity index (χ0n) is 7.78.